The summed E-state index contributed by atoms with van der Waals surface area (Å²) in [7, 11) is 0. The van der Waals surface area contributed by atoms with Crippen molar-refractivity contribution in [2.24, 2.45) is 0 Å². The Bertz CT molecular complexity index is 723. The molecule has 0 fully saturated rings. The van der Waals surface area contributed by atoms with E-state index in [9.17, 15) is 14.7 Å². The summed E-state index contributed by atoms with van der Waals surface area (Å²) < 4.78 is 5.33. The van der Waals surface area contributed by atoms with Crippen LogP contribution in [0.5, 0.6) is 11.5 Å². The zero-order valence-corrected chi connectivity index (χ0v) is 13.8. The van der Waals surface area contributed by atoms with Crippen molar-refractivity contribution < 1.29 is 19.4 Å². The van der Waals surface area contributed by atoms with E-state index in [1.54, 1.807) is 42.5 Å². The number of rotatable bonds is 7. The van der Waals surface area contributed by atoms with Gasteiger partial charge in [0.2, 0.25) is 5.91 Å². The molecule has 2 aromatic rings. The summed E-state index contributed by atoms with van der Waals surface area (Å²) in [6.07, 6.45) is 0.159. The van der Waals surface area contributed by atoms with Crippen LogP contribution in [0.15, 0.2) is 42.5 Å². The van der Waals surface area contributed by atoms with Crippen LogP contribution in [0.1, 0.15) is 35.7 Å². The van der Waals surface area contributed by atoms with E-state index in [1.807, 2.05) is 13.8 Å². The Balaban J connectivity index is 1.87. The van der Waals surface area contributed by atoms with Crippen molar-refractivity contribution in [3.8, 4) is 11.5 Å². The van der Waals surface area contributed by atoms with Crippen LogP contribution in [-0.4, -0.2) is 23.4 Å². The molecule has 0 bridgehead atoms. The van der Waals surface area contributed by atoms with Crippen LogP contribution >= 0.6 is 0 Å². The summed E-state index contributed by atoms with van der Waals surface area (Å²) >= 11 is 0. The molecule has 2 rings (SSSR count). The molecule has 2 aromatic carbocycles. The van der Waals surface area contributed by atoms with Gasteiger partial charge in [-0.25, -0.2) is 0 Å². The van der Waals surface area contributed by atoms with E-state index in [2.05, 4.69) is 5.32 Å². The molecule has 0 aliphatic heterocycles. The lowest BCUT2D eigenvalue weighted by Crippen LogP contribution is -2.13. The van der Waals surface area contributed by atoms with Gasteiger partial charge in [0.1, 0.15) is 11.5 Å². The molecule has 24 heavy (non-hydrogen) atoms. The van der Waals surface area contributed by atoms with Gasteiger partial charge >= 0.3 is 0 Å². The number of anilines is 1. The number of ketones is 1. The molecule has 0 aromatic heterocycles. The van der Waals surface area contributed by atoms with Gasteiger partial charge in [0.05, 0.1) is 12.3 Å². The van der Waals surface area contributed by atoms with E-state index >= 15 is 0 Å². The summed E-state index contributed by atoms with van der Waals surface area (Å²) in [5.74, 6) is 0.303. The quantitative estimate of drug-likeness (QED) is 0.600. The molecule has 126 valence electrons. The van der Waals surface area contributed by atoms with Crippen LogP contribution in [0.25, 0.3) is 0 Å². The fraction of sp³-hybridized carbons (Fsp3) is 0.263. The van der Waals surface area contributed by atoms with Gasteiger partial charge in [-0.3, -0.25) is 9.59 Å². The molecular formula is C19H21NO4. The highest BCUT2D eigenvalue weighted by molar-refractivity contribution is 6.00. The number of phenolic OH excluding ortho intramolecular Hbond substituents is 1. The molecule has 0 aliphatic rings. The lowest BCUT2D eigenvalue weighted by Gasteiger charge is -2.08. The van der Waals surface area contributed by atoms with Crippen molar-refractivity contribution in [3.05, 3.63) is 53.6 Å². The van der Waals surface area contributed by atoms with Gasteiger partial charge < -0.3 is 15.2 Å². The Morgan fingerprint density at radius 2 is 1.79 bits per heavy atom. The first-order valence-electron chi connectivity index (χ1n) is 7.85. The Morgan fingerprint density at radius 1 is 1.08 bits per heavy atom. The van der Waals surface area contributed by atoms with Gasteiger partial charge in [-0.2, -0.15) is 0 Å². The first-order valence-corrected chi connectivity index (χ1v) is 7.85. The first-order chi connectivity index (χ1) is 11.5. The van der Waals surface area contributed by atoms with Crippen LogP contribution in [0.4, 0.5) is 5.69 Å². The smallest absolute Gasteiger partial charge is 0.224 e. The second-order valence-electron chi connectivity index (χ2n) is 5.45. The topological polar surface area (TPSA) is 75.6 Å². The summed E-state index contributed by atoms with van der Waals surface area (Å²) in [6, 6.07) is 11.9. The Kier molecular flexibility index (Phi) is 5.95. The minimum atomic E-state index is -0.312. The standard InChI is InChI=1S/C19H21NO4/c1-3-24-15-7-5-14(6-8-15)17(21)10-11-19(23)20-16-9-4-13(2)12-18(16)22/h4-9,12,22H,3,10-11H2,1-2H3,(H,20,23). The van der Waals surface area contributed by atoms with Gasteiger partial charge in [0.25, 0.3) is 0 Å². The number of carbonyl (C=O) groups is 2. The van der Waals surface area contributed by atoms with Crippen molar-refractivity contribution in [3.63, 3.8) is 0 Å². The molecule has 0 unspecified atom stereocenters. The number of aromatic hydroxyl groups is 1. The maximum atomic E-state index is 12.1. The number of nitrogens with one attached hydrogen (secondary N) is 1. The molecule has 0 saturated carbocycles. The van der Waals surface area contributed by atoms with E-state index in [-0.39, 0.29) is 30.3 Å². The summed E-state index contributed by atoms with van der Waals surface area (Å²) in [5, 5.41) is 12.4. The van der Waals surface area contributed by atoms with Gasteiger partial charge in [-0.1, -0.05) is 6.07 Å². The highest BCUT2D eigenvalue weighted by atomic mass is 16.5. The largest absolute Gasteiger partial charge is 0.506 e. The fourth-order valence-corrected chi connectivity index (χ4v) is 2.24. The van der Waals surface area contributed by atoms with Crippen LogP contribution < -0.4 is 10.1 Å². The average molecular weight is 327 g/mol. The van der Waals surface area contributed by atoms with Crippen LogP contribution in [0.3, 0.4) is 0 Å². The predicted octanol–water partition coefficient (Wildman–Crippen LogP) is 3.70. The van der Waals surface area contributed by atoms with E-state index in [4.69, 9.17) is 4.74 Å². The number of hydrogen-bond acceptors (Lipinski definition) is 4. The number of benzene rings is 2. The fourth-order valence-electron chi connectivity index (χ4n) is 2.24. The third-order valence-electron chi connectivity index (χ3n) is 3.49. The minimum Gasteiger partial charge on any atom is -0.506 e. The zero-order valence-electron chi connectivity index (χ0n) is 13.8. The lowest BCUT2D eigenvalue weighted by atomic mass is 10.1. The maximum absolute atomic E-state index is 12.1. The lowest BCUT2D eigenvalue weighted by molar-refractivity contribution is -0.116. The van der Waals surface area contributed by atoms with Gasteiger partial charge in [-0.15, -0.1) is 0 Å². The average Bonchev–Trinajstić information content (AvgIpc) is 2.56. The second kappa shape index (κ2) is 8.15. The normalized spacial score (nSPS) is 10.2. The summed E-state index contributed by atoms with van der Waals surface area (Å²) in [5.41, 5.74) is 1.79. The first kappa shape index (κ1) is 17.5. The highest BCUT2D eigenvalue weighted by Crippen LogP contribution is 2.24. The molecule has 0 atom stereocenters. The Hall–Kier alpha value is -2.82. The number of Topliss-reactive ketones (excluding diaryl/α,β-unsaturated/α-hetero) is 1. The van der Waals surface area contributed by atoms with E-state index in [0.29, 0.717) is 23.6 Å². The van der Waals surface area contributed by atoms with E-state index in [1.165, 1.54) is 0 Å². The molecule has 5 heteroatoms. The molecule has 2 N–H and O–H groups in total. The number of hydrogen-bond donors (Lipinski definition) is 2. The van der Waals surface area contributed by atoms with Crippen molar-refractivity contribution in [2.75, 3.05) is 11.9 Å². The van der Waals surface area contributed by atoms with Crippen molar-refractivity contribution in [1.82, 2.24) is 0 Å². The van der Waals surface area contributed by atoms with Crippen molar-refractivity contribution in [2.45, 2.75) is 26.7 Å². The zero-order chi connectivity index (χ0) is 17.5. The number of amides is 1. The molecule has 0 saturated heterocycles. The van der Waals surface area contributed by atoms with E-state index < -0.39 is 0 Å². The molecule has 5 nitrogen and oxygen atoms in total. The van der Waals surface area contributed by atoms with Crippen LogP contribution in [0, 0.1) is 6.92 Å². The predicted molar refractivity (Wildman–Crippen MR) is 92.6 cm³/mol. The second-order valence-corrected chi connectivity index (χ2v) is 5.45. The third kappa shape index (κ3) is 4.84. The van der Waals surface area contributed by atoms with Crippen molar-refractivity contribution in [1.29, 1.82) is 0 Å². The molecule has 0 heterocycles. The minimum absolute atomic E-state index is 0.0150. The third-order valence-corrected chi connectivity index (χ3v) is 3.49. The number of ether oxygens (including phenoxy) is 1. The Morgan fingerprint density at radius 3 is 2.42 bits per heavy atom. The number of aryl methyl sites for hydroxylation is 1. The van der Waals surface area contributed by atoms with Gasteiger partial charge in [0.15, 0.2) is 5.78 Å². The molecule has 1 amide bonds. The highest BCUT2D eigenvalue weighted by Gasteiger charge is 2.11. The van der Waals surface area contributed by atoms with E-state index in [0.717, 1.165) is 5.56 Å². The number of carbonyl (C=O) groups excluding carboxylic acids is 2. The monoisotopic (exact) mass is 327 g/mol. The molecule has 0 aliphatic carbocycles. The summed E-state index contributed by atoms with van der Waals surface area (Å²) in [6.45, 7) is 4.31. The summed E-state index contributed by atoms with van der Waals surface area (Å²) in [4.78, 5) is 24.0. The number of phenols is 1. The molecule has 0 spiro atoms. The van der Waals surface area contributed by atoms with Gasteiger partial charge in [0, 0.05) is 18.4 Å². The Labute approximate surface area is 141 Å². The molecule has 0 radical (unpaired) electrons. The molecular weight excluding hydrogens is 306 g/mol. The van der Waals surface area contributed by atoms with Crippen molar-refractivity contribution >= 4 is 17.4 Å². The maximum Gasteiger partial charge on any atom is 0.224 e. The van der Waals surface area contributed by atoms with Crippen LogP contribution in [-0.2, 0) is 4.79 Å². The van der Waals surface area contributed by atoms with Crippen LogP contribution in [0.2, 0.25) is 0 Å². The van der Waals surface area contributed by atoms with Gasteiger partial charge in [-0.05, 0) is 55.8 Å². The SMILES string of the molecule is CCOc1ccc(C(=O)CCC(=O)Nc2ccc(C)cc2O)cc1.